The summed E-state index contributed by atoms with van der Waals surface area (Å²) in [4.78, 5) is 11.4. The lowest BCUT2D eigenvalue weighted by molar-refractivity contribution is -0.138. The summed E-state index contributed by atoms with van der Waals surface area (Å²) in [6.45, 7) is 10.3. The van der Waals surface area contributed by atoms with E-state index >= 15 is 0 Å². The van der Waals surface area contributed by atoms with E-state index in [4.69, 9.17) is 9.47 Å². The predicted molar refractivity (Wildman–Crippen MR) is 76.4 cm³/mol. The SMILES string of the molecule is C=C(COc1ccccc1C(C)CC)C(=O)OCC. The van der Waals surface area contributed by atoms with E-state index in [1.807, 2.05) is 18.2 Å². The van der Waals surface area contributed by atoms with E-state index in [-0.39, 0.29) is 6.61 Å². The van der Waals surface area contributed by atoms with Crippen LogP contribution in [0.3, 0.4) is 0 Å². The molecule has 0 saturated carbocycles. The molecule has 3 nitrogen and oxygen atoms in total. The molecule has 0 saturated heterocycles. The first kappa shape index (κ1) is 15.3. The zero-order valence-corrected chi connectivity index (χ0v) is 11.9. The van der Waals surface area contributed by atoms with Gasteiger partial charge in [0.25, 0.3) is 0 Å². The first-order valence-corrected chi connectivity index (χ1v) is 6.66. The van der Waals surface area contributed by atoms with Crippen LogP contribution in [0.15, 0.2) is 36.4 Å². The molecule has 1 unspecified atom stereocenters. The number of esters is 1. The van der Waals surface area contributed by atoms with E-state index in [1.165, 1.54) is 0 Å². The predicted octanol–water partition coefficient (Wildman–Crippen LogP) is 3.70. The molecule has 1 aromatic carbocycles. The van der Waals surface area contributed by atoms with Gasteiger partial charge in [0.1, 0.15) is 12.4 Å². The maximum Gasteiger partial charge on any atom is 0.336 e. The molecule has 0 heterocycles. The van der Waals surface area contributed by atoms with Gasteiger partial charge >= 0.3 is 5.97 Å². The van der Waals surface area contributed by atoms with Crippen molar-refractivity contribution in [1.82, 2.24) is 0 Å². The van der Waals surface area contributed by atoms with Crippen molar-refractivity contribution in [3.05, 3.63) is 42.0 Å². The van der Waals surface area contributed by atoms with Gasteiger partial charge in [-0.15, -0.1) is 0 Å². The van der Waals surface area contributed by atoms with Gasteiger partial charge in [-0.1, -0.05) is 38.6 Å². The molecule has 0 aromatic heterocycles. The minimum atomic E-state index is -0.400. The maximum absolute atomic E-state index is 11.4. The van der Waals surface area contributed by atoms with Crippen LogP contribution in [-0.4, -0.2) is 19.2 Å². The van der Waals surface area contributed by atoms with Gasteiger partial charge in [0, 0.05) is 0 Å². The Morgan fingerprint density at radius 3 is 2.63 bits per heavy atom. The third-order valence-electron chi connectivity index (χ3n) is 3.03. The molecule has 0 bridgehead atoms. The summed E-state index contributed by atoms with van der Waals surface area (Å²) in [5, 5.41) is 0. The van der Waals surface area contributed by atoms with Crippen LogP contribution in [0.1, 0.15) is 38.7 Å². The van der Waals surface area contributed by atoms with Crippen molar-refractivity contribution < 1.29 is 14.3 Å². The van der Waals surface area contributed by atoms with Gasteiger partial charge in [0.05, 0.1) is 12.2 Å². The van der Waals surface area contributed by atoms with Crippen molar-refractivity contribution in [3.63, 3.8) is 0 Å². The first-order chi connectivity index (χ1) is 9.10. The summed E-state index contributed by atoms with van der Waals surface area (Å²) in [5.74, 6) is 0.831. The molecule has 104 valence electrons. The highest BCUT2D eigenvalue weighted by atomic mass is 16.5. The lowest BCUT2D eigenvalue weighted by Crippen LogP contribution is -2.13. The average molecular weight is 262 g/mol. The van der Waals surface area contributed by atoms with E-state index in [0.717, 1.165) is 17.7 Å². The highest BCUT2D eigenvalue weighted by Gasteiger charge is 2.12. The van der Waals surface area contributed by atoms with E-state index in [9.17, 15) is 4.79 Å². The van der Waals surface area contributed by atoms with Crippen molar-refractivity contribution in [1.29, 1.82) is 0 Å². The summed E-state index contributed by atoms with van der Waals surface area (Å²) in [5.41, 5.74) is 1.49. The van der Waals surface area contributed by atoms with Crippen LogP contribution in [0.2, 0.25) is 0 Å². The third kappa shape index (κ3) is 4.43. The molecule has 0 spiro atoms. The number of ether oxygens (including phenoxy) is 2. The van der Waals surface area contributed by atoms with Crippen LogP contribution in [-0.2, 0) is 9.53 Å². The topological polar surface area (TPSA) is 35.5 Å². The van der Waals surface area contributed by atoms with Crippen molar-refractivity contribution in [2.24, 2.45) is 0 Å². The molecule has 0 aliphatic carbocycles. The highest BCUT2D eigenvalue weighted by molar-refractivity contribution is 5.88. The highest BCUT2D eigenvalue weighted by Crippen LogP contribution is 2.28. The summed E-state index contributed by atoms with van der Waals surface area (Å²) >= 11 is 0. The van der Waals surface area contributed by atoms with Crippen LogP contribution in [0.5, 0.6) is 5.75 Å². The van der Waals surface area contributed by atoms with Crippen LogP contribution in [0.4, 0.5) is 0 Å². The van der Waals surface area contributed by atoms with Gasteiger partial charge in [0.15, 0.2) is 0 Å². The largest absolute Gasteiger partial charge is 0.488 e. The van der Waals surface area contributed by atoms with E-state index in [0.29, 0.717) is 18.1 Å². The Labute approximate surface area is 115 Å². The number of hydrogen-bond acceptors (Lipinski definition) is 3. The molecule has 0 N–H and O–H groups in total. The lowest BCUT2D eigenvalue weighted by atomic mass is 9.98. The van der Waals surface area contributed by atoms with Crippen molar-refractivity contribution >= 4 is 5.97 Å². The standard InChI is InChI=1S/C16H22O3/c1-5-12(3)14-9-7-8-10-15(14)19-11-13(4)16(17)18-6-2/h7-10,12H,4-6,11H2,1-3H3. The summed E-state index contributed by atoms with van der Waals surface area (Å²) < 4.78 is 10.6. The summed E-state index contributed by atoms with van der Waals surface area (Å²) in [6.07, 6.45) is 1.04. The summed E-state index contributed by atoms with van der Waals surface area (Å²) in [7, 11) is 0. The van der Waals surface area contributed by atoms with Gasteiger partial charge in [-0.05, 0) is 30.9 Å². The Morgan fingerprint density at radius 2 is 2.00 bits per heavy atom. The molecule has 0 amide bonds. The molecule has 19 heavy (non-hydrogen) atoms. The molecular formula is C16H22O3. The number of hydrogen-bond donors (Lipinski definition) is 0. The van der Waals surface area contributed by atoms with Gasteiger partial charge in [-0.25, -0.2) is 4.79 Å². The monoisotopic (exact) mass is 262 g/mol. The summed E-state index contributed by atoms with van der Waals surface area (Å²) in [6, 6.07) is 7.89. The molecule has 0 aliphatic rings. The second kappa shape index (κ2) is 7.62. The molecule has 1 aromatic rings. The number of benzene rings is 1. The van der Waals surface area contributed by atoms with Crippen LogP contribution in [0.25, 0.3) is 0 Å². The fraction of sp³-hybridized carbons (Fsp3) is 0.438. The molecule has 0 radical (unpaired) electrons. The van der Waals surface area contributed by atoms with Gasteiger partial charge < -0.3 is 9.47 Å². The second-order valence-electron chi connectivity index (χ2n) is 4.46. The van der Waals surface area contributed by atoms with E-state index in [2.05, 4.69) is 26.5 Å². The fourth-order valence-electron chi connectivity index (χ4n) is 1.70. The van der Waals surface area contributed by atoms with Gasteiger partial charge in [0.2, 0.25) is 0 Å². The molecule has 3 heteroatoms. The van der Waals surface area contributed by atoms with Crippen molar-refractivity contribution in [2.75, 3.05) is 13.2 Å². The normalized spacial score (nSPS) is 11.7. The first-order valence-electron chi connectivity index (χ1n) is 6.66. The van der Waals surface area contributed by atoms with Gasteiger partial charge in [-0.3, -0.25) is 0 Å². The molecule has 0 aliphatic heterocycles. The minimum absolute atomic E-state index is 0.159. The maximum atomic E-state index is 11.4. The Balaban J connectivity index is 2.67. The van der Waals surface area contributed by atoms with E-state index in [1.54, 1.807) is 6.92 Å². The average Bonchev–Trinajstić information content (AvgIpc) is 2.44. The van der Waals surface area contributed by atoms with Crippen LogP contribution >= 0.6 is 0 Å². The molecular weight excluding hydrogens is 240 g/mol. The quantitative estimate of drug-likeness (QED) is 0.555. The number of rotatable bonds is 7. The lowest BCUT2D eigenvalue weighted by Gasteiger charge is -2.16. The van der Waals surface area contributed by atoms with Gasteiger partial charge in [-0.2, -0.15) is 0 Å². The molecule has 1 rings (SSSR count). The van der Waals surface area contributed by atoms with Crippen LogP contribution in [0, 0.1) is 0 Å². The number of para-hydroxylation sites is 1. The third-order valence-corrected chi connectivity index (χ3v) is 3.03. The zero-order valence-electron chi connectivity index (χ0n) is 11.9. The Kier molecular flexibility index (Phi) is 6.13. The number of carbonyl (C=O) groups excluding carboxylic acids is 1. The Bertz CT molecular complexity index is 437. The van der Waals surface area contributed by atoms with Crippen molar-refractivity contribution in [3.8, 4) is 5.75 Å². The minimum Gasteiger partial charge on any atom is -0.488 e. The fourth-order valence-corrected chi connectivity index (χ4v) is 1.70. The molecule has 0 fully saturated rings. The Hall–Kier alpha value is -1.77. The van der Waals surface area contributed by atoms with E-state index < -0.39 is 5.97 Å². The van der Waals surface area contributed by atoms with Crippen LogP contribution < -0.4 is 4.74 Å². The second-order valence-corrected chi connectivity index (χ2v) is 4.46. The van der Waals surface area contributed by atoms with Crippen molar-refractivity contribution in [2.45, 2.75) is 33.1 Å². The molecule has 1 atom stereocenters. The zero-order chi connectivity index (χ0) is 14.3. The number of carbonyl (C=O) groups is 1. The Morgan fingerprint density at radius 1 is 1.32 bits per heavy atom. The smallest absolute Gasteiger partial charge is 0.336 e.